The number of amides is 3. The molecular weight excluding hydrogens is 516 g/mol. The van der Waals surface area contributed by atoms with E-state index in [1.54, 1.807) is 4.90 Å². The summed E-state index contributed by atoms with van der Waals surface area (Å²) in [5.41, 5.74) is 4.32. The molecule has 0 spiro atoms. The first-order chi connectivity index (χ1) is 20.0. The average Bonchev–Trinajstić information content (AvgIpc) is 3.32. The van der Waals surface area contributed by atoms with Gasteiger partial charge < -0.3 is 14.5 Å². The Bertz CT molecular complexity index is 1270. The van der Waals surface area contributed by atoms with Crippen LogP contribution < -0.4 is 10.1 Å². The van der Waals surface area contributed by atoms with Crippen LogP contribution in [-0.2, 0) is 22.7 Å². The van der Waals surface area contributed by atoms with E-state index in [1.807, 2.05) is 18.2 Å². The van der Waals surface area contributed by atoms with Crippen LogP contribution in [0.5, 0.6) is 5.75 Å². The Morgan fingerprint density at radius 1 is 0.927 bits per heavy atom. The minimum Gasteiger partial charge on any atom is -0.492 e. The predicted octanol–water partition coefficient (Wildman–Crippen LogP) is 4.08. The highest BCUT2D eigenvalue weighted by Gasteiger charge is 2.39. The van der Waals surface area contributed by atoms with Gasteiger partial charge in [-0.25, -0.2) is 0 Å². The number of ether oxygens (including phenoxy) is 1. The van der Waals surface area contributed by atoms with Crippen LogP contribution in [0.25, 0.3) is 0 Å². The summed E-state index contributed by atoms with van der Waals surface area (Å²) in [4.78, 5) is 43.6. The van der Waals surface area contributed by atoms with Crippen molar-refractivity contribution in [1.29, 1.82) is 0 Å². The summed E-state index contributed by atoms with van der Waals surface area (Å²) in [6, 6.07) is 14.7. The van der Waals surface area contributed by atoms with E-state index in [4.69, 9.17) is 4.74 Å². The molecule has 3 saturated heterocycles. The molecule has 4 aliphatic heterocycles. The highest BCUT2D eigenvalue weighted by Crippen LogP contribution is 2.31. The molecule has 6 rings (SSSR count). The van der Waals surface area contributed by atoms with Crippen molar-refractivity contribution in [1.82, 2.24) is 20.0 Å². The lowest BCUT2D eigenvalue weighted by molar-refractivity contribution is -0.136. The molecule has 2 atom stereocenters. The van der Waals surface area contributed by atoms with Crippen molar-refractivity contribution in [3.05, 3.63) is 64.7 Å². The van der Waals surface area contributed by atoms with Crippen LogP contribution >= 0.6 is 0 Å². The predicted molar refractivity (Wildman–Crippen MR) is 157 cm³/mol. The van der Waals surface area contributed by atoms with E-state index in [9.17, 15) is 14.4 Å². The number of carbonyl (C=O) groups is 3. The Morgan fingerprint density at radius 3 is 2.49 bits per heavy atom. The van der Waals surface area contributed by atoms with Gasteiger partial charge in [0.25, 0.3) is 5.91 Å². The molecule has 0 bridgehead atoms. The topological polar surface area (TPSA) is 82.2 Å². The van der Waals surface area contributed by atoms with Crippen molar-refractivity contribution in [2.45, 2.75) is 83.0 Å². The van der Waals surface area contributed by atoms with Crippen LogP contribution in [0.2, 0.25) is 0 Å². The third kappa shape index (κ3) is 6.19. The third-order valence-electron chi connectivity index (χ3n) is 9.56. The van der Waals surface area contributed by atoms with Crippen molar-refractivity contribution in [2.75, 3.05) is 32.8 Å². The van der Waals surface area contributed by atoms with Crippen LogP contribution in [0.1, 0.15) is 84.8 Å². The molecule has 1 unspecified atom stereocenters. The molecule has 0 aliphatic carbocycles. The summed E-state index contributed by atoms with van der Waals surface area (Å²) in [5, 5.41) is 2.36. The number of fused-ring (bicyclic) bond motifs is 1. The number of rotatable bonds is 8. The standard InChI is InChI=1S/C33H42N4O4/c1-2-35-17-14-25(15-18-35)24-8-6-23(7-9-24)20-36-16-4-3-5-27(36)22-41-28-10-11-29-26(19-28)21-37(33(29)40)30-12-13-31(38)34-32(30)39/h6-11,19,25,27,30H,2-5,12-18,20-22H2,1H3,(H,34,38,39)/t27-,30?/m1/s1. The first-order valence-electron chi connectivity index (χ1n) is 15.4. The van der Waals surface area contributed by atoms with E-state index in [0.717, 1.165) is 37.4 Å². The molecule has 3 amide bonds. The lowest BCUT2D eigenvalue weighted by Gasteiger charge is -2.35. The van der Waals surface area contributed by atoms with Crippen molar-refractivity contribution >= 4 is 17.7 Å². The van der Waals surface area contributed by atoms with Gasteiger partial charge in [-0.1, -0.05) is 37.6 Å². The van der Waals surface area contributed by atoms with Crippen molar-refractivity contribution in [3.63, 3.8) is 0 Å². The second-order valence-corrected chi connectivity index (χ2v) is 12.1. The Hall–Kier alpha value is -3.23. The number of imide groups is 1. The molecule has 2 aromatic rings. The van der Waals surface area contributed by atoms with Gasteiger partial charge in [0.15, 0.2) is 0 Å². The maximum absolute atomic E-state index is 13.0. The molecular formula is C33H42N4O4. The van der Waals surface area contributed by atoms with Gasteiger partial charge in [-0.15, -0.1) is 0 Å². The largest absolute Gasteiger partial charge is 0.492 e. The van der Waals surface area contributed by atoms with Gasteiger partial charge in [-0.3, -0.25) is 24.6 Å². The molecule has 8 nitrogen and oxygen atoms in total. The fraction of sp³-hybridized carbons (Fsp3) is 0.545. The second-order valence-electron chi connectivity index (χ2n) is 12.1. The van der Waals surface area contributed by atoms with Crippen LogP contribution in [-0.4, -0.2) is 77.3 Å². The molecule has 2 aromatic carbocycles. The molecule has 4 heterocycles. The monoisotopic (exact) mass is 558 g/mol. The molecule has 4 aliphatic rings. The highest BCUT2D eigenvalue weighted by atomic mass is 16.5. The number of piperidine rings is 3. The van der Waals surface area contributed by atoms with Crippen molar-refractivity contribution in [2.24, 2.45) is 0 Å². The van der Waals surface area contributed by atoms with Crippen molar-refractivity contribution in [3.8, 4) is 5.75 Å². The molecule has 8 heteroatoms. The average molecular weight is 559 g/mol. The van der Waals surface area contributed by atoms with Crippen LogP contribution in [0.15, 0.2) is 42.5 Å². The van der Waals surface area contributed by atoms with Crippen LogP contribution in [0, 0.1) is 0 Å². The number of nitrogens with one attached hydrogen (secondary N) is 1. The lowest BCUT2D eigenvalue weighted by Crippen LogP contribution is -2.52. The Morgan fingerprint density at radius 2 is 1.73 bits per heavy atom. The Balaban J connectivity index is 1.04. The van der Waals surface area contributed by atoms with Gasteiger partial charge in [0, 0.05) is 31.1 Å². The van der Waals surface area contributed by atoms with Crippen LogP contribution in [0.3, 0.4) is 0 Å². The van der Waals surface area contributed by atoms with Crippen molar-refractivity contribution < 1.29 is 19.1 Å². The van der Waals surface area contributed by atoms with E-state index >= 15 is 0 Å². The first kappa shape index (κ1) is 27.9. The van der Waals surface area contributed by atoms with Gasteiger partial charge in [-0.2, -0.15) is 0 Å². The van der Waals surface area contributed by atoms with Gasteiger partial charge >= 0.3 is 0 Å². The summed E-state index contributed by atoms with van der Waals surface area (Å²) in [5.74, 6) is 0.621. The first-order valence-corrected chi connectivity index (χ1v) is 15.4. The van der Waals surface area contributed by atoms with E-state index in [0.29, 0.717) is 37.1 Å². The van der Waals surface area contributed by atoms with Gasteiger partial charge in [0.2, 0.25) is 11.8 Å². The molecule has 3 fully saturated rings. The fourth-order valence-corrected chi connectivity index (χ4v) is 7.00. The molecule has 0 radical (unpaired) electrons. The number of nitrogens with zero attached hydrogens (tertiary/aromatic N) is 3. The molecule has 41 heavy (non-hydrogen) atoms. The lowest BCUT2D eigenvalue weighted by atomic mass is 9.89. The maximum atomic E-state index is 13.0. The van der Waals surface area contributed by atoms with Gasteiger partial charge in [0.05, 0.1) is 0 Å². The number of benzene rings is 2. The zero-order valence-electron chi connectivity index (χ0n) is 24.1. The second kappa shape index (κ2) is 12.3. The summed E-state index contributed by atoms with van der Waals surface area (Å²) in [6.07, 6.45) is 6.66. The van der Waals surface area contributed by atoms with E-state index in [1.165, 1.54) is 49.9 Å². The Kier molecular flexibility index (Phi) is 8.40. The molecule has 218 valence electrons. The molecule has 0 saturated carbocycles. The fourth-order valence-electron chi connectivity index (χ4n) is 7.00. The zero-order valence-corrected chi connectivity index (χ0v) is 24.1. The Labute approximate surface area is 243 Å². The van der Waals surface area contributed by atoms with E-state index in [-0.39, 0.29) is 24.1 Å². The normalized spacial score (nSPS) is 24.4. The number of likely N-dealkylation sites (tertiary alicyclic amines) is 2. The SMILES string of the molecule is CCN1CCC(c2ccc(CN3CCCC[C@@H]3COc3ccc4c(c3)CN(C3CCC(=O)NC3=O)C4=O)cc2)CC1. The smallest absolute Gasteiger partial charge is 0.255 e. The summed E-state index contributed by atoms with van der Waals surface area (Å²) in [7, 11) is 0. The number of hydrogen-bond acceptors (Lipinski definition) is 6. The molecule has 1 N–H and O–H groups in total. The minimum absolute atomic E-state index is 0.156. The van der Waals surface area contributed by atoms with Crippen LogP contribution in [0.4, 0.5) is 0 Å². The number of hydrogen-bond donors (Lipinski definition) is 1. The summed E-state index contributed by atoms with van der Waals surface area (Å²) in [6.45, 7) is 8.79. The van der Waals surface area contributed by atoms with Gasteiger partial charge in [0.1, 0.15) is 18.4 Å². The minimum atomic E-state index is -0.601. The van der Waals surface area contributed by atoms with Gasteiger partial charge in [-0.05, 0) is 99.1 Å². The zero-order chi connectivity index (χ0) is 28.3. The molecule has 0 aromatic heterocycles. The maximum Gasteiger partial charge on any atom is 0.255 e. The van der Waals surface area contributed by atoms with E-state index < -0.39 is 6.04 Å². The number of carbonyl (C=O) groups excluding carboxylic acids is 3. The third-order valence-corrected chi connectivity index (χ3v) is 9.56. The van der Waals surface area contributed by atoms with E-state index in [2.05, 4.69) is 46.3 Å². The highest BCUT2D eigenvalue weighted by molar-refractivity contribution is 6.05. The quantitative estimate of drug-likeness (QED) is 0.492. The summed E-state index contributed by atoms with van der Waals surface area (Å²) < 4.78 is 6.31. The summed E-state index contributed by atoms with van der Waals surface area (Å²) >= 11 is 0.